The number of Topliss-reactive ketones (excluding diaryl/α,β-unsaturated/α-hetero) is 1. The second-order valence-electron chi connectivity index (χ2n) is 2.59. The van der Waals surface area contributed by atoms with Gasteiger partial charge in [-0.2, -0.15) is 0 Å². The summed E-state index contributed by atoms with van der Waals surface area (Å²) < 4.78 is 0. The Labute approximate surface area is 67.1 Å². The van der Waals surface area contributed by atoms with Crippen LogP contribution < -0.4 is 4.87 Å². The number of thiazole rings is 1. The summed E-state index contributed by atoms with van der Waals surface area (Å²) in [6.45, 7) is 0. The highest BCUT2D eigenvalue weighted by Gasteiger charge is 2.19. The Morgan fingerprint density at radius 2 is 2.09 bits per heavy atom. The molecule has 0 spiro atoms. The van der Waals surface area contributed by atoms with E-state index in [9.17, 15) is 9.59 Å². The van der Waals surface area contributed by atoms with Gasteiger partial charge in [-0.1, -0.05) is 11.3 Å². The lowest BCUT2D eigenvalue weighted by molar-refractivity contribution is 0.0968. The first-order valence-corrected chi connectivity index (χ1v) is 4.34. The van der Waals surface area contributed by atoms with Gasteiger partial charge in [0.05, 0.1) is 5.69 Å². The molecule has 4 heteroatoms. The van der Waals surface area contributed by atoms with Crippen LogP contribution in [0.25, 0.3) is 0 Å². The number of ketones is 1. The fourth-order valence-corrected chi connectivity index (χ4v) is 2.19. The molecule has 0 unspecified atom stereocenters. The van der Waals surface area contributed by atoms with Gasteiger partial charge in [0.2, 0.25) is 0 Å². The van der Waals surface area contributed by atoms with E-state index < -0.39 is 0 Å². The highest BCUT2D eigenvalue weighted by atomic mass is 32.1. The summed E-state index contributed by atoms with van der Waals surface area (Å²) in [7, 11) is 0. The minimum Gasteiger partial charge on any atom is -0.310 e. The van der Waals surface area contributed by atoms with Crippen LogP contribution in [0.1, 0.15) is 28.2 Å². The molecule has 0 aromatic carbocycles. The number of nitrogens with one attached hydrogen (secondary N) is 1. The maximum absolute atomic E-state index is 11.1. The summed E-state index contributed by atoms with van der Waals surface area (Å²) in [5, 5.41) is 0. The Bertz CT molecular complexity index is 350. The quantitative estimate of drug-likeness (QED) is 0.628. The molecule has 3 nitrogen and oxygen atoms in total. The molecule has 0 amide bonds. The highest BCUT2D eigenvalue weighted by Crippen LogP contribution is 2.20. The zero-order valence-electron chi connectivity index (χ0n) is 5.85. The van der Waals surface area contributed by atoms with Crippen LogP contribution >= 0.6 is 11.3 Å². The molecule has 1 aromatic rings. The number of aromatic nitrogens is 1. The number of carbonyl (C=O) groups excluding carboxylic acids is 1. The molecule has 0 atom stereocenters. The second-order valence-corrected chi connectivity index (χ2v) is 3.66. The van der Waals surface area contributed by atoms with E-state index in [0.29, 0.717) is 12.1 Å². The Kier molecular flexibility index (Phi) is 1.42. The van der Waals surface area contributed by atoms with Gasteiger partial charge in [0, 0.05) is 11.3 Å². The number of hydrogen-bond acceptors (Lipinski definition) is 3. The molecule has 1 aromatic heterocycles. The molecule has 1 N–H and O–H groups in total. The van der Waals surface area contributed by atoms with Crippen molar-refractivity contribution < 1.29 is 4.79 Å². The first kappa shape index (κ1) is 6.79. The van der Waals surface area contributed by atoms with Gasteiger partial charge in [0.15, 0.2) is 5.78 Å². The van der Waals surface area contributed by atoms with E-state index in [1.807, 2.05) is 0 Å². The summed E-state index contributed by atoms with van der Waals surface area (Å²) in [5.41, 5.74) is 0.561. The van der Waals surface area contributed by atoms with Crippen molar-refractivity contribution in [2.45, 2.75) is 19.3 Å². The lowest BCUT2D eigenvalue weighted by Gasteiger charge is -2.06. The van der Waals surface area contributed by atoms with Crippen molar-refractivity contribution in [3.05, 3.63) is 20.2 Å². The summed E-state index contributed by atoms with van der Waals surface area (Å²) in [4.78, 5) is 25.3. The maximum Gasteiger partial charge on any atom is 0.305 e. The summed E-state index contributed by atoms with van der Waals surface area (Å²) in [5.74, 6) is 0.0876. The van der Waals surface area contributed by atoms with E-state index in [0.717, 1.165) is 29.1 Å². The number of rotatable bonds is 0. The standard InChI is InChI=1S/C7H7NO2S/c9-4-2-1-3-5-6(4)8-7(10)11-5/h1-3H2,(H,8,10). The van der Waals surface area contributed by atoms with Crippen LogP contribution in [0.4, 0.5) is 0 Å². The van der Waals surface area contributed by atoms with E-state index in [4.69, 9.17) is 0 Å². The smallest absolute Gasteiger partial charge is 0.305 e. The summed E-state index contributed by atoms with van der Waals surface area (Å²) in [6, 6.07) is 0. The molecule has 1 aliphatic carbocycles. The average molecular weight is 169 g/mol. The Morgan fingerprint density at radius 3 is 2.82 bits per heavy atom. The minimum atomic E-state index is -0.106. The maximum atomic E-state index is 11.1. The van der Waals surface area contributed by atoms with Crippen LogP contribution in [0.15, 0.2) is 4.79 Å². The first-order valence-electron chi connectivity index (χ1n) is 3.52. The average Bonchev–Trinajstić information content (AvgIpc) is 2.31. The molecule has 11 heavy (non-hydrogen) atoms. The lowest BCUT2D eigenvalue weighted by atomic mass is 10.0. The molecular weight excluding hydrogens is 162 g/mol. The molecule has 2 rings (SSSR count). The molecule has 0 saturated heterocycles. The van der Waals surface area contributed by atoms with Gasteiger partial charge in [-0.15, -0.1) is 0 Å². The second kappa shape index (κ2) is 2.30. The molecule has 0 aliphatic heterocycles. The largest absolute Gasteiger partial charge is 0.310 e. The summed E-state index contributed by atoms with van der Waals surface area (Å²) >= 11 is 1.16. The number of aromatic amines is 1. The van der Waals surface area contributed by atoms with Gasteiger partial charge in [-0.05, 0) is 12.8 Å². The Hall–Kier alpha value is -0.900. The van der Waals surface area contributed by atoms with E-state index in [1.54, 1.807) is 0 Å². The van der Waals surface area contributed by atoms with Gasteiger partial charge >= 0.3 is 4.87 Å². The SMILES string of the molecule is O=C1CCCc2sc(=O)[nH]c21. The van der Waals surface area contributed by atoms with E-state index in [1.165, 1.54) is 0 Å². The number of carbonyl (C=O) groups is 1. The third-order valence-electron chi connectivity index (χ3n) is 1.81. The lowest BCUT2D eigenvalue weighted by Crippen LogP contribution is -2.09. The fraction of sp³-hybridized carbons (Fsp3) is 0.429. The van der Waals surface area contributed by atoms with E-state index >= 15 is 0 Å². The molecular formula is C7H7NO2S. The zero-order chi connectivity index (χ0) is 7.84. The van der Waals surface area contributed by atoms with Crippen molar-refractivity contribution in [3.8, 4) is 0 Å². The number of aryl methyl sites for hydroxylation is 1. The third-order valence-corrected chi connectivity index (χ3v) is 2.75. The van der Waals surface area contributed by atoms with E-state index in [-0.39, 0.29) is 10.7 Å². The van der Waals surface area contributed by atoms with Crippen molar-refractivity contribution in [2.75, 3.05) is 0 Å². The highest BCUT2D eigenvalue weighted by molar-refractivity contribution is 7.09. The number of hydrogen-bond donors (Lipinski definition) is 1. The predicted molar refractivity (Wildman–Crippen MR) is 42.2 cm³/mol. The molecule has 1 heterocycles. The zero-order valence-corrected chi connectivity index (χ0v) is 6.66. The van der Waals surface area contributed by atoms with Crippen LogP contribution in [0.5, 0.6) is 0 Å². The van der Waals surface area contributed by atoms with Crippen molar-refractivity contribution in [1.82, 2.24) is 4.98 Å². The van der Waals surface area contributed by atoms with Crippen LogP contribution in [-0.2, 0) is 6.42 Å². The summed E-state index contributed by atoms with van der Waals surface area (Å²) in [6.07, 6.45) is 2.35. The van der Waals surface area contributed by atoms with Gasteiger partial charge in [-0.25, -0.2) is 0 Å². The minimum absolute atomic E-state index is 0.0876. The van der Waals surface area contributed by atoms with Gasteiger partial charge in [-0.3, -0.25) is 9.59 Å². The van der Waals surface area contributed by atoms with E-state index in [2.05, 4.69) is 4.98 Å². The normalized spacial score (nSPS) is 16.5. The van der Waals surface area contributed by atoms with Crippen LogP contribution in [-0.4, -0.2) is 10.8 Å². The topological polar surface area (TPSA) is 49.9 Å². The van der Waals surface area contributed by atoms with Crippen LogP contribution in [0, 0.1) is 0 Å². The Morgan fingerprint density at radius 1 is 1.27 bits per heavy atom. The molecule has 1 aliphatic rings. The van der Waals surface area contributed by atoms with Crippen molar-refractivity contribution in [1.29, 1.82) is 0 Å². The molecule has 0 bridgehead atoms. The van der Waals surface area contributed by atoms with Gasteiger partial charge in [0.25, 0.3) is 0 Å². The van der Waals surface area contributed by atoms with Gasteiger partial charge in [0.1, 0.15) is 0 Å². The van der Waals surface area contributed by atoms with Crippen molar-refractivity contribution in [3.63, 3.8) is 0 Å². The van der Waals surface area contributed by atoms with Crippen LogP contribution in [0.2, 0.25) is 0 Å². The third kappa shape index (κ3) is 1.03. The van der Waals surface area contributed by atoms with Gasteiger partial charge < -0.3 is 4.98 Å². The molecule has 58 valence electrons. The molecule has 0 fully saturated rings. The van der Waals surface area contributed by atoms with Crippen molar-refractivity contribution >= 4 is 17.1 Å². The van der Waals surface area contributed by atoms with Crippen LogP contribution in [0.3, 0.4) is 0 Å². The fourth-order valence-electron chi connectivity index (χ4n) is 1.30. The monoisotopic (exact) mass is 169 g/mol. The number of H-pyrrole nitrogens is 1. The van der Waals surface area contributed by atoms with Crippen molar-refractivity contribution in [2.24, 2.45) is 0 Å². The number of fused-ring (bicyclic) bond motifs is 1. The predicted octanol–water partition coefficient (Wildman–Crippen LogP) is 0.955. The first-order chi connectivity index (χ1) is 5.27. The molecule has 0 radical (unpaired) electrons. The molecule has 0 saturated carbocycles. The Balaban J connectivity index is 2.60.